The van der Waals surface area contributed by atoms with Crippen molar-refractivity contribution in [2.24, 2.45) is 0 Å². The van der Waals surface area contributed by atoms with Crippen LogP contribution in [-0.4, -0.2) is 24.1 Å². The molecule has 1 saturated heterocycles. The second-order valence-corrected chi connectivity index (χ2v) is 3.70. The van der Waals surface area contributed by atoms with Crippen molar-refractivity contribution >= 4 is 5.69 Å². The van der Waals surface area contributed by atoms with E-state index in [2.05, 4.69) is 21.7 Å². The number of pyridine rings is 1. The summed E-state index contributed by atoms with van der Waals surface area (Å²) < 4.78 is 0. The van der Waals surface area contributed by atoms with Gasteiger partial charge < -0.3 is 10.6 Å². The Morgan fingerprint density at radius 3 is 3.27 bits per heavy atom. The van der Waals surface area contributed by atoms with E-state index in [-0.39, 0.29) is 0 Å². The Hall–Kier alpha value is -1.60. The highest BCUT2D eigenvalue weighted by Crippen LogP contribution is 2.14. The lowest BCUT2D eigenvalue weighted by Crippen LogP contribution is -2.38. The van der Waals surface area contributed by atoms with Crippen molar-refractivity contribution < 1.29 is 0 Å². The van der Waals surface area contributed by atoms with Gasteiger partial charge in [-0.05, 0) is 31.5 Å². The third kappa shape index (κ3) is 2.45. The van der Waals surface area contributed by atoms with Gasteiger partial charge in [0.25, 0.3) is 0 Å². The molecule has 0 aliphatic carbocycles. The third-order valence-corrected chi connectivity index (χ3v) is 2.57. The van der Waals surface area contributed by atoms with Crippen LogP contribution < -0.4 is 10.6 Å². The Bertz CT molecular complexity index is 363. The topological polar surface area (TPSA) is 60.7 Å². The molecule has 1 fully saturated rings. The van der Waals surface area contributed by atoms with E-state index >= 15 is 0 Å². The van der Waals surface area contributed by atoms with Gasteiger partial charge in [-0.25, -0.2) is 4.98 Å². The van der Waals surface area contributed by atoms with E-state index in [0.29, 0.717) is 11.7 Å². The first-order valence-electron chi connectivity index (χ1n) is 5.22. The Morgan fingerprint density at radius 1 is 1.60 bits per heavy atom. The molecule has 0 spiro atoms. The Balaban J connectivity index is 2.06. The summed E-state index contributed by atoms with van der Waals surface area (Å²) in [6.45, 7) is 2.05. The van der Waals surface area contributed by atoms with Crippen LogP contribution in [0, 0.1) is 11.3 Å². The average Bonchev–Trinajstić information content (AvgIpc) is 2.31. The monoisotopic (exact) mass is 202 g/mol. The summed E-state index contributed by atoms with van der Waals surface area (Å²) in [4.78, 5) is 4.02. The molecule has 4 nitrogen and oxygen atoms in total. The molecule has 1 aliphatic rings. The molecule has 0 saturated carbocycles. The predicted molar refractivity (Wildman–Crippen MR) is 58.5 cm³/mol. The smallest absolute Gasteiger partial charge is 0.163 e. The highest BCUT2D eigenvalue weighted by molar-refractivity contribution is 5.53. The third-order valence-electron chi connectivity index (χ3n) is 2.57. The maximum atomic E-state index is 8.88. The summed E-state index contributed by atoms with van der Waals surface area (Å²) in [5.74, 6) is 0. The lowest BCUT2D eigenvalue weighted by atomic mass is 10.1. The average molecular weight is 202 g/mol. The van der Waals surface area contributed by atoms with E-state index < -0.39 is 0 Å². The lowest BCUT2D eigenvalue weighted by molar-refractivity contribution is 0.479. The van der Waals surface area contributed by atoms with Gasteiger partial charge in [-0.3, -0.25) is 0 Å². The molecular formula is C11H14N4. The number of anilines is 1. The van der Waals surface area contributed by atoms with Crippen LogP contribution in [0.1, 0.15) is 18.5 Å². The largest absolute Gasteiger partial charge is 0.379 e. The molecule has 1 atom stereocenters. The van der Waals surface area contributed by atoms with E-state index in [1.807, 2.05) is 12.1 Å². The lowest BCUT2D eigenvalue weighted by Gasteiger charge is -2.24. The number of nitrogens with zero attached hydrogens (tertiary/aromatic N) is 2. The van der Waals surface area contributed by atoms with Gasteiger partial charge in [0.15, 0.2) is 5.69 Å². The fourth-order valence-corrected chi connectivity index (χ4v) is 1.81. The maximum absolute atomic E-state index is 8.88. The fourth-order valence-electron chi connectivity index (χ4n) is 1.81. The van der Waals surface area contributed by atoms with E-state index in [1.165, 1.54) is 6.42 Å². The molecule has 1 aliphatic heterocycles. The highest BCUT2D eigenvalue weighted by Gasteiger charge is 2.13. The summed E-state index contributed by atoms with van der Waals surface area (Å²) in [7, 11) is 0. The first-order valence-corrected chi connectivity index (χ1v) is 5.22. The number of rotatable bonds is 2. The van der Waals surface area contributed by atoms with E-state index in [4.69, 9.17) is 5.26 Å². The van der Waals surface area contributed by atoms with Crippen LogP contribution in [0.3, 0.4) is 0 Å². The summed E-state index contributed by atoms with van der Waals surface area (Å²) in [6, 6.07) is 6.25. The molecule has 78 valence electrons. The molecule has 0 bridgehead atoms. The van der Waals surface area contributed by atoms with Crippen LogP contribution in [-0.2, 0) is 0 Å². The maximum Gasteiger partial charge on any atom is 0.163 e. The number of nitrogens with one attached hydrogen (secondary N) is 2. The minimum Gasteiger partial charge on any atom is -0.379 e. The summed E-state index contributed by atoms with van der Waals surface area (Å²) in [5.41, 5.74) is 1.32. The van der Waals surface area contributed by atoms with Crippen molar-refractivity contribution in [3.05, 3.63) is 24.0 Å². The molecule has 2 N–H and O–H groups in total. The van der Waals surface area contributed by atoms with Crippen molar-refractivity contribution in [1.82, 2.24) is 10.3 Å². The Kier molecular flexibility index (Phi) is 3.15. The minimum atomic E-state index is 0.412. The first kappa shape index (κ1) is 9.94. The zero-order valence-electron chi connectivity index (χ0n) is 8.53. The van der Waals surface area contributed by atoms with Gasteiger partial charge in [-0.2, -0.15) is 5.26 Å². The normalized spacial score (nSPS) is 20.6. The van der Waals surface area contributed by atoms with Crippen LogP contribution in [0.15, 0.2) is 18.3 Å². The molecular weight excluding hydrogens is 188 g/mol. The molecule has 1 aromatic rings. The van der Waals surface area contributed by atoms with Gasteiger partial charge in [0.2, 0.25) is 0 Å². The fraction of sp³-hybridized carbons (Fsp3) is 0.455. The van der Waals surface area contributed by atoms with Crippen molar-refractivity contribution in [2.45, 2.75) is 18.9 Å². The molecule has 0 radical (unpaired) electrons. The van der Waals surface area contributed by atoms with Crippen LogP contribution in [0.5, 0.6) is 0 Å². The second-order valence-electron chi connectivity index (χ2n) is 3.70. The van der Waals surface area contributed by atoms with Crippen LogP contribution in [0.4, 0.5) is 5.69 Å². The van der Waals surface area contributed by atoms with Crippen LogP contribution in [0.2, 0.25) is 0 Å². The van der Waals surface area contributed by atoms with E-state index in [1.54, 1.807) is 6.20 Å². The van der Waals surface area contributed by atoms with Crippen molar-refractivity contribution in [1.29, 1.82) is 5.26 Å². The minimum absolute atomic E-state index is 0.412. The quantitative estimate of drug-likeness (QED) is 0.754. The molecule has 1 unspecified atom stereocenters. The van der Waals surface area contributed by atoms with Crippen molar-refractivity contribution in [2.75, 3.05) is 18.4 Å². The molecule has 4 heteroatoms. The number of aromatic nitrogens is 1. The number of piperidine rings is 1. The number of hydrogen-bond donors (Lipinski definition) is 2. The summed E-state index contributed by atoms with van der Waals surface area (Å²) in [5, 5.41) is 15.6. The van der Waals surface area contributed by atoms with Crippen LogP contribution in [0.25, 0.3) is 0 Å². The molecule has 2 heterocycles. The molecule has 0 amide bonds. The first-order chi connectivity index (χ1) is 7.40. The molecule has 15 heavy (non-hydrogen) atoms. The predicted octanol–water partition coefficient (Wildman–Crippen LogP) is 1.12. The van der Waals surface area contributed by atoms with E-state index in [0.717, 1.165) is 25.2 Å². The van der Waals surface area contributed by atoms with Crippen molar-refractivity contribution in [3.8, 4) is 6.07 Å². The van der Waals surface area contributed by atoms with Gasteiger partial charge in [0.1, 0.15) is 6.07 Å². The van der Waals surface area contributed by atoms with Crippen molar-refractivity contribution in [3.63, 3.8) is 0 Å². The van der Waals surface area contributed by atoms with Gasteiger partial charge in [-0.15, -0.1) is 0 Å². The highest BCUT2D eigenvalue weighted by atomic mass is 15.0. The Labute approximate surface area is 89.3 Å². The van der Waals surface area contributed by atoms with Crippen LogP contribution >= 0.6 is 0 Å². The number of nitriles is 1. The zero-order valence-corrected chi connectivity index (χ0v) is 8.53. The molecule has 2 rings (SSSR count). The zero-order chi connectivity index (χ0) is 10.5. The second kappa shape index (κ2) is 4.76. The standard InChI is InChI=1S/C11H14N4/c12-7-11-10(4-2-6-14-11)15-9-3-1-5-13-8-9/h2,4,6,9,13,15H,1,3,5,8H2. The van der Waals surface area contributed by atoms with E-state index in [9.17, 15) is 0 Å². The summed E-state index contributed by atoms with van der Waals surface area (Å²) >= 11 is 0. The number of hydrogen-bond acceptors (Lipinski definition) is 4. The van der Waals surface area contributed by atoms with Gasteiger partial charge in [-0.1, -0.05) is 0 Å². The van der Waals surface area contributed by atoms with Gasteiger partial charge in [0.05, 0.1) is 5.69 Å². The van der Waals surface area contributed by atoms with Gasteiger partial charge in [0, 0.05) is 18.8 Å². The molecule has 0 aromatic carbocycles. The SMILES string of the molecule is N#Cc1ncccc1NC1CCCNC1. The van der Waals surface area contributed by atoms with Gasteiger partial charge >= 0.3 is 0 Å². The molecule has 1 aromatic heterocycles. The summed E-state index contributed by atoms with van der Waals surface area (Å²) in [6.07, 6.45) is 3.97. The Morgan fingerprint density at radius 2 is 2.53 bits per heavy atom.